The lowest BCUT2D eigenvalue weighted by molar-refractivity contribution is -0.120. The maximum Gasteiger partial charge on any atom is 0.151 e. The van der Waals surface area contributed by atoms with E-state index in [1.54, 1.807) is 12.1 Å². The van der Waals surface area contributed by atoms with Crippen molar-refractivity contribution in [1.82, 2.24) is 4.90 Å². The summed E-state index contributed by atoms with van der Waals surface area (Å²) < 4.78 is 12.9. The van der Waals surface area contributed by atoms with Crippen LogP contribution in [0.4, 0.5) is 4.39 Å². The van der Waals surface area contributed by atoms with Crippen LogP contribution in [0.5, 0.6) is 0 Å². The molecule has 2 atom stereocenters. The molecule has 1 aliphatic heterocycles. The molecular weight excluding hydrogens is 265 g/mol. The predicted octanol–water partition coefficient (Wildman–Crippen LogP) is 3.45. The Hall–Kier alpha value is -1.22. The number of Topliss-reactive ketones (excluding diaryl/α,β-unsaturated/α-hetero) is 1. The highest BCUT2D eigenvalue weighted by Gasteiger charge is 2.31. The molecule has 1 heterocycles. The van der Waals surface area contributed by atoms with E-state index in [2.05, 4.69) is 4.90 Å². The summed E-state index contributed by atoms with van der Waals surface area (Å²) in [6.45, 7) is 2.72. The van der Waals surface area contributed by atoms with Gasteiger partial charge in [-0.25, -0.2) is 4.39 Å². The number of piperidine rings is 1. The maximum atomic E-state index is 12.9. The number of benzene rings is 1. The van der Waals surface area contributed by atoms with Gasteiger partial charge in [-0.3, -0.25) is 9.69 Å². The molecule has 0 spiro atoms. The van der Waals surface area contributed by atoms with Gasteiger partial charge in [0.1, 0.15) is 5.82 Å². The average Bonchev–Trinajstić information content (AvgIpc) is 2.49. The highest BCUT2D eigenvalue weighted by molar-refractivity contribution is 5.82. The van der Waals surface area contributed by atoms with E-state index in [0.717, 1.165) is 30.5 Å². The minimum absolute atomic E-state index is 0.245. The van der Waals surface area contributed by atoms with Gasteiger partial charge in [-0.05, 0) is 48.9 Å². The summed E-state index contributed by atoms with van der Waals surface area (Å²) in [6.07, 6.45) is 7.16. The average molecular weight is 289 g/mol. The first-order chi connectivity index (χ1) is 10.2. The molecule has 3 heteroatoms. The minimum atomic E-state index is -0.245. The van der Waals surface area contributed by atoms with Crippen LogP contribution in [-0.2, 0) is 11.2 Å². The van der Waals surface area contributed by atoms with Crippen molar-refractivity contribution in [1.29, 1.82) is 0 Å². The molecule has 0 N–H and O–H groups in total. The molecule has 2 fully saturated rings. The second-order valence-corrected chi connectivity index (χ2v) is 6.67. The Kier molecular flexibility index (Phi) is 4.69. The quantitative estimate of drug-likeness (QED) is 0.846. The van der Waals surface area contributed by atoms with Crippen molar-refractivity contribution in [2.24, 2.45) is 11.8 Å². The zero-order chi connectivity index (χ0) is 14.7. The zero-order valence-corrected chi connectivity index (χ0v) is 12.6. The van der Waals surface area contributed by atoms with E-state index in [-0.39, 0.29) is 11.6 Å². The van der Waals surface area contributed by atoms with Crippen molar-refractivity contribution in [2.75, 3.05) is 19.6 Å². The van der Waals surface area contributed by atoms with Crippen molar-refractivity contribution in [3.63, 3.8) is 0 Å². The van der Waals surface area contributed by atoms with Gasteiger partial charge in [0.25, 0.3) is 0 Å². The summed E-state index contributed by atoms with van der Waals surface area (Å²) in [4.78, 5) is 14.5. The van der Waals surface area contributed by atoms with Crippen LogP contribution in [0.3, 0.4) is 0 Å². The van der Waals surface area contributed by atoms with E-state index in [4.69, 9.17) is 0 Å². The molecule has 3 rings (SSSR count). The number of fused-ring (bicyclic) bond motifs is 1. The molecule has 0 amide bonds. The highest BCUT2D eigenvalue weighted by Crippen LogP contribution is 2.35. The summed E-state index contributed by atoms with van der Waals surface area (Å²) in [5.74, 6) is 1.72. The van der Waals surface area contributed by atoms with Crippen LogP contribution >= 0.6 is 0 Å². The van der Waals surface area contributed by atoms with Crippen molar-refractivity contribution < 1.29 is 9.18 Å². The fraction of sp³-hybridized carbons (Fsp3) is 0.611. The SMILES string of the molecule is O=C(Cc1ccc(F)cc1)CN1CCC2CCCCC2C1. The number of hydrogen-bond donors (Lipinski definition) is 0. The zero-order valence-electron chi connectivity index (χ0n) is 12.6. The van der Waals surface area contributed by atoms with Crippen LogP contribution in [0.25, 0.3) is 0 Å². The second-order valence-electron chi connectivity index (χ2n) is 6.67. The van der Waals surface area contributed by atoms with Crippen LogP contribution in [-0.4, -0.2) is 30.3 Å². The maximum absolute atomic E-state index is 12.9. The minimum Gasteiger partial charge on any atom is -0.298 e. The topological polar surface area (TPSA) is 20.3 Å². The van der Waals surface area contributed by atoms with Crippen molar-refractivity contribution in [3.8, 4) is 0 Å². The summed E-state index contributed by atoms with van der Waals surface area (Å²) >= 11 is 0. The first-order valence-corrected chi connectivity index (χ1v) is 8.19. The second kappa shape index (κ2) is 6.69. The summed E-state index contributed by atoms with van der Waals surface area (Å²) in [7, 11) is 0. The number of halogens is 1. The largest absolute Gasteiger partial charge is 0.298 e. The molecule has 0 bridgehead atoms. The van der Waals surface area contributed by atoms with Gasteiger partial charge in [-0.2, -0.15) is 0 Å². The number of rotatable bonds is 4. The third kappa shape index (κ3) is 3.91. The van der Waals surface area contributed by atoms with Crippen molar-refractivity contribution in [3.05, 3.63) is 35.6 Å². The van der Waals surface area contributed by atoms with Crippen LogP contribution in [0.15, 0.2) is 24.3 Å². The Labute approximate surface area is 126 Å². The van der Waals surface area contributed by atoms with E-state index in [9.17, 15) is 9.18 Å². The van der Waals surface area contributed by atoms with Gasteiger partial charge in [-0.15, -0.1) is 0 Å². The van der Waals surface area contributed by atoms with E-state index >= 15 is 0 Å². The summed E-state index contributed by atoms with van der Waals surface area (Å²) in [6, 6.07) is 6.27. The number of hydrogen-bond acceptors (Lipinski definition) is 2. The standard InChI is InChI=1S/C18H24FNO/c19-17-7-5-14(6-8-17)11-18(21)13-20-10-9-15-3-1-2-4-16(15)12-20/h5-8,15-16H,1-4,9-13H2. The fourth-order valence-electron chi connectivity index (χ4n) is 3.96. The first kappa shape index (κ1) is 14.7. The van der Waals surface area contributed by atoms with E-state index < -0.39 is 0 Å². The van der Waals surface area contributed by atoms with Crippen LogP contribution in [0.1, 0.15) is 37.7 Å². The molecule has 0 radical (unpaired) electrons. The molecule has 1 saturated heterocycles. The Morgan fingerprint density at radius 1 is 1.10 bits per heavy atom. The van der Waals surface area contributed by atoms with Gasteiger partial charge in [0, 0.05) is 13.0 Å². The smallest absolute Gasteiger partial charge is 0.151 e. The normalized spacial score (nSPS) is 26.3. The summed E-state index contributed by atoms with van der Waals surface area (Å²) in [5, 5.41) is 0. The third-order valence-electron chi connectivity index (χ3n) is 5.09. The van der Waals surface area contributed by atoms with Crippen LogP contribution in [0.2, 0.25) is 0 Å². The van der Waals surface area contributed by atoms with Gasteiger partial charge < -0.3 is 0 Å². The lowest BCUT2D eigenvalue weighted by Gasteiger charge is -2.41. The molecule has 2 nitrogen and oxygen atoms in total. The Balaban J connectivity index is 1.49. The summed E-state index contributed by atoms with van der Waals surface area (Å²) in [5.41, 5.74) is 0.911. The number of carbonyl (C=O) groups is 1. The monoisotopic (exact) mass is 289 g/mol. The van der Waals surface area contributed by atoms with Gasteiger partial charge >= 0.3 is 0 Å². The molecule has 0 aromatic heterocycles. The lowest BCUT2D eigenvalue weighted by atomic mass is 9.75. The van der Waals surface area contributed by atoms with E-state index in [1.807, 2.05) is 0 Å². The molecule has 1 saturated carbocycles. The Morgan fingerprint density at radius 2 is 1.81 bits per heavy atom. The number of ketones is 1. The molecule has 1 aromatic rings. The van der Waals surface area contributed by atoms with Gasteiger partial charge in [0.15, 0.2) is 5.78 Å². The molecule has 1 aliphatic carbocycles. The van der Waals surface area contributed by atoms with Gasteiger partial charge in [0.05, 0.1) is 6.54 Å². The Morgan fingerprint density at radius 3 is 2.57 bits per heavy atom. The molecule has 21 heavy (non-hydrogen) atoms. The third-order valence-corrected chi connectivity index (χ3v) is 5.09. The molecule has 1 aromatic carbocycles. The Bertz CT molecular complexity index is 484. The van der Waals surface area contributed by atoms with E-state index in [1.165, 1.54) is 44.2 Å². The molecule has 114 valence electrons. The van der Waals surface area contributed by atoms with Crippen LogP contribution in [0, 0.1) is 17.7 Å². The lowest BCUT2D eigenvalue weighted by Crippen LogP contribution is -2.44. The fourth-order valence-corrected chi connectivity index (χ4v) is 3.96. The molecular formula is C18H24FNO. The number of likely N-dealkylation sites (tertiary alicyclic amines) is 1. The first-order valence-electron chi connectivity index (χ1n) is 8.19. The highest BCUT2D eigenvalue weighted by atomic mass is 19.1. The van der Waals surface area contributed by atoms with Crippen molar-refractivity contribution >= 4 is 5.78 Å². The van der Waals surface area contributed by atoms with E-state index in [0.29, 0.717) is 13.0 Å². The van der Waals surface area contributed by atoms with Crippen LogP contribution < -0.4 is 0 Å². The van der Waals surface area contributed by atoms with Gasteiger partial charge in [0.2, 0.25) is 0 Å². The number of nitrogens with zero attached hydrogens (tertiary/aromatic N) is 1. The molecule has 2 aliphatic rings. The van der Waals surface area contributed by atoms with Crippen molar-refractivity contribution in [2.45, 2.75) is 38.5 Å². The molecule has 2 unspecified atom stereocenters. The number of carbonyl (C=O) groups excluding carboxylic acids is 1. The predicted molar refractivity (Wildman–Crippen MR) is 81.6 cm³/mol. The van der Waals surface area contributed by atoms with Gasteiger partial charge in [-0.1, -0.05) is 31.4 Å².